The number of rotatable bonds is 6. The first-order chi connectivity index (χ1) is 9.22. The maximum absolute atomic E-state index is 4.18. The number of benzene rings is 1. The highest BCUT2D eigenvalue weighted by Crippen LogP contribution is 2.25. The van der Waals surface area contributed by atoms with E-state index in [0.717, 1.165) is 23.6 Å². The smallest absolute Gasteiger partial charge is 0.165 e. The van der Waals surface area contributed by atoms with Gasteiger partial charge in [0, 0.05) is 24.8 Å². The standard InChI is InChI=1S/C15H22N4/c1-4-7-12(2)10-16-14-9-6-5-8-13(14)15-18-17-11-19(15)3/h5-6,8-9,11-12,16H,4,7,10H2,1-3H3. The van der Waals surface area contributed by atoms with Crippen molar-refractivity contribution in [2.75, 3.05) is 11.9 Å². The first-order valence-electron chi connectivity index (χ1n) is 6.89. The fraction of sp³-hybridized carbons (Fsp3) is 0.467. The minimum atomic E-state index is 0.678. The van der Waals surface area contributed by atoms with E-state index in [0.29, 0.717) is 5.92 Å². The highest BCUT2D eigenvalue weighted by atomic mass is 15.2. The van der Waals surface area contributed by atoms with Crippen molar-refractivity contribution in [3.63, 3.8) is 0 Å². The number of nitrogens with zero attached hydrogens (tertiary/aromatic N) is 3. The van der Waals surface area contributed by atoms with Gasteiger partial charge in [0.05, 0.1) is 0 Å². The largest absolute Gasteiger partial charge is 0.384 e. The van der Waals surface area contributed by atoms with E-state index in [9.17, 15) is 0 Å². The van der Waals surface area contributed by atoms with Gasteiger partial charge in [-0.25, -0.2) is 0 Å². The van der Waals surface area contributed by atoms with Crippen molar-refractivity contribution in [2.45, 2.75) is 26.7 Å². The Balaban J connectivity index is 2.15. The van der Waals surface area contributed by atoms with E-state index in [1.165, 1.54) is 12.8 Å². The van der Waals surface area contributed by atoms with Crippen molar-refractivity contribution < 1.29 is 0 Å². The first kappa shape index (κ1) is 13.6. The summed E-state index contributed by atoms with van der Waals surface area (Å²) in [5.41, 5.74) is 2.23. The average Bonchev–Trinajstić information content (AvgIpc) is 2.83. The predicted octanol–water partition coefficient (Wildman–Crippen LogP) is 3.33. The van der Waals surface area contributed by atoms with Gasteiger partial charge in [-0.05, 0) is 24.5 Å². The molecule has 4 heteroatoms. The number of aromatic nitrogens is 3. The van der Waals surface area contributed by atoms with Crippen molar-refractivity contribution in [3.05, 3.63) is 30.6 Å². The van der Waals surface area contributed by atoms with Gasteiger partial charge in [-0.2, -0.15) is 0 Å². The number of hydrogen-bond acceptors (Lipinski definition) is 3. The molecule has 1 aromatic carbocycles. The third kappa shape index (κ3) is 3.34. The molecule has 1 N–H and O–H groups in total. The average molecular weight is 258 g/mol. The molecule has 1 aromatic heterocycles. The highest BCUT2D eigenvalue weighted by molar-refractivity contribution is 5.73. The summed E-state index contributed by atoms with van der Waals surface area (Å²) in [4.78, 5) is 0. The molecule has 1 atom stereocenters. The van der Waals surface area contributed by atoms with E-state index < -0.39 is 0 Å². The van der Waals surface area contributed by atoms with Crippen molar-refractivity contribution >= 4 is 5.69 Å². The lowest BCUT2D eigenvalue weighted by molar-refractivity contribution is 0.551. The van der Waals surface area contributed by atoms with Crippen LogP contribution < -0.4 is 5.32 Å². The van der Waals surface area contributed by atoms with Crippen LogP contribution in [-0.2, 0) is 7.05 Å². The van der Waals surface area contributed by atoms with Gasteiger partial charge >= 0.3 is 0 Å². The van der Waals surface area contributed by atoms with Crippen LogP contribution >= 0.6 is 0 Å². The molecular weight excluding hydrogens is 236 g/mol. The van der Waals surface area contributed by atoms with Crippen LogP contribution in [0.3, 0.4) is 0 Å². The second-order valence-corrected chi connectivity index (χ2v) is 5.09. The Morgan fingerprint density at radius 2 is 2.11 bits per heavy atom. The molecule has 2 rings (SSSR count). The number of para-hydroxylation sites is 1. The summed E-state index contributed by atoms with van der Waals surface area (Å²) in [7, 11) is 1.96. The molecule has 0 fully saturated rings. The second kappa shape index (κ2) is 6.36. The van der Waals surface area contributed by atoms with Crippen LogP contribution in [0.25, 0.3) is 11.4 Å². The van der Waals surface area contributed by atoms with Crippen LogP contribution in [0.1, 0.15) is 26.7 Å². The maximum Gasteiger partial charge on any atom is 0.165 e. The molecule has 0 aliphatic heterocycles. The first-order valence-corrected chi connectivity index (χ1v) is 6.89. The van der Waals surface area contributed by atoms with Crippen molar-refractivity contribution in [1.82, 2.24) is 14.8 Å². The van der Waals surface area contributed by atoms with Gasteiger partial charge in [-0.15, -0.1) is 10.2 Å². The number of hydrogen-bond donors (Lipinski definition) is 1. The molecule has 0 bridgehead atoms. The molecule has 19 heavy (non-hydrogen) atoms. The molecule has 0 amide bonds. The summed E-state index contributed by atoms with van der Waals surface area (Å²) in [6, 6.07) is 8.26. The van der Waals surface area contributed by atoms with Crippen LogP contribution in [0.2, 0.25) is 0 Å². The topological polar surface area (TPSA) is 42.7 Å². The molecule has 0 aliphatic carbocycles. The Kier molecular flexibility index (Phi) is 4.55. The monoisotopic (exact) mass is 258 g/mol. The van der Waals surface area contributed by atoms with Crippen LogP contribution in [-0.4, -0.2) is 21.3 Å². The van der Waals surface area contributed by atoms with Crippen molar-refractivity contribution in [2.24, 2.45) is 13.0 Å². The Labute approximate surface area is 114 Å². The zero-order valence-electron chi connectivity index (χ0n) is 11.9. The summed E-state index contributed by atoms with van der Waals surface area (Å²) >= 11 is 0. The van der Waals surface area contributed by atoms with E-state index in [4.69, 9.17) is 0 Å². The molecule has 0 spiro atoms. The Hall–Kier alpha value is -1.84. The van der Waals surface area contributed by atoms with Crippen molar-refractivity contribution in [1.29, 1.82) is 0 Å². The normalized spacial score (nSPS) is 12.4. The summed E-state index contributed by atoms with van der Waals surface area (Å²) in [6.45, 7) is 5.49. The summed E-state index contributed by atoms with van der Waals surface area (Å²) in [5.74, 6) is 1.57. The SMILES string of the molecule is CCCC(C)CNc1ccccc1-c1nncn1C. The van der Waals surface area contributed by atoms with E-state index in [1.54, 1.807) is 6.33 Å². The maximum atomic E-state index is 4.18. The number of nitrogens with one attached hydrogen (secondary N) is 1. The minimum Gasteiger partial charge on any atom is -0.384 e. The molecule has 1 unspecified atom stereocenters. The number of anilines is 1. The van der Waals surface area contributed by atoms with Gasteiger partial charge in [-0.3, -0.25) is 0 Å². The summed E-state index contributed by atoms with van der Waals surface area (Å²) < 4.78 is 1.94. The lowest BCUT2D eigenvalue weighted by Crippen LogP contribution is -2.12. The second-order valence-electron chi connectivity index (χ2n) is 5.09. The summed E-state index contributed by atoms with van der Waals surface area (Å²) in [5, 5.41) is 11.7. The van der Waals surface area contributed by atoms with Crippen LogP contribution in [0.5, 0.6) is 0 Å². The molecule has 0 radical (unpaired) electrons. The molecule has 102 valence electrons. The highest BCUT2D eigenvalue weighted by Gasteiger charge is 2.10. The van der Waals surface area contributed by atoms with Gasteiger partial charge in [0.25, 0.3) is 0 Å². The molecule has 0 saturated carbocycles. The predicted molar refractivity (Wildman–Crippen MR) is 79.0 cm³/mol. The van der Waals surface area contributed by atoms with Gasteiger partial charge in [0.15, 0.2) is 5.82 Å². The third-order valence-electron chi connectivity index (χ3n) is 3.30. The Bertz CT molecular complexity index is 518. The van der Waals surface area contributed by atoms with Gasteiger partial charge in [0.1, 0.15) is 6.33 Å². The van der Waals surface area contributed by atoms with Crippen molar-refractivity contribution in [3.8, 4) is 11.4 Å². The van der Waals surface area contributed by atoms with E-state index in [2.05, 4.69) is 41.5 Å². The molecule has 0 aliphatic rings. The zero-order valence-corrected chi connectivity index (χ0v) is 11.9. The zero-order chi connectivity index (χ0) is 13.7. The fourth-order valence-electron chi connectivity index (χ4n) is 2.24. The van der Waals surface area contributed by atoms with Crippen LogP contribution in [0.15, 0.2) is 30.6 Å². The Morgan fingerprint density at radius 1 is 1.32 bits per heavy atom. The van der Waals surface area contributed by atoms with E-state index in [-0.39, 0.29) is 0 Å². The molecule has 1 heterocycles. The Morgan fingerprint density at radius 3 is 2.79 bits per heavy atom. The van der Waals surface area contributed by atoms with Gasteiger partial charge in [-0.1, -0.05) is 32.4 Å². The third-order valence-corrected chi connectivity index (χ3v) is 3.30. The lowest BCUT2D eigenvalue weighted by atomic mass is 10.1. The molecule has 0 saturated heterocycles. The number of aryl methyl sites for hydroxylation is 1. The molecule has 4 nitrogen and oxygen atoms in total. The van der Waals surface area contributed by atoms with Gasteiger partial charge in [0.2, 0.25) is 0 Å². The van der Waals surface area contributed by atoms with Crippen LogP contribution in [0.4, 0.5) is 5.69 Å². The van der Waals surface area contributed by atoms with Gasteiger partial charge < -0.3 is 9.88 Å². The minimum absolute atomic E-state index is 0.678. The lowest BCUT2D eigenvalue weighted by Gasteiger charge is -2.15. The molecule has 2 aromatic rings. The van der Waals surface area contributed by atoms with E-state index >= 15 is 0 Å². The summed E-state index contributed by atoms with van der Waals surface area (Å²) in [6.07, 6.45) is 4.21. The fourth-order valence-corrected chi connectivity index (χ4v) is 2.24. The van der Waals surface area contributed by atoms with E-state index in [1.807, 2.05) is 23.7 Å². The van der Waals surface area contributed by atoms with Crippen LogP contribution in [0, 0.1) is 5.92 Å². The molecular formula is C15H22N4. The quantitative estimate of drug-likeness (QED) is 0.864.